The fourth-order valence-electron chi connectivity index (χ4n) is 5.65. The maximum absolute atomic E-state index is 13.7. The highest BCUT2D eigenvalue weighted by atomic mass is 32.2. The van der Waals surface area contributed by atoms with Crippen LogP contribution in [-0.2, 0) is 34.3 Å². The number of rotatable bonds is 13. The third-order valence-electron chi connectivity index (χ3n) is 8.14. The molecule has 1 aliphatic rings. The second-order valence-corrected chi connectivity index (χ2v) is 13.1. The number of hydrogen-bond acceptors (Lipinski definition) is 6. The Morgan fingerprint density at radius 3 is 2.20 bits per heavy atom. The van der Waals surface area contributed by atoms with Crippen molar-refractivity contribution in [2.75, 3.05) is 33.3 Å². The molecule has 240 valence electrons. The van der Waals surface area contributed by atoms with Crippen molar-refractivity contribution in [3.05, 3.63) is 119 Å². The van der Waals surface area contributed by atoms with Gasteiger partial charge in [0.15, 0.2) is 0 Å². The number of methoxy groups -OCH3 is 1. The normalized spacial score (nSPS) is 13.3. The molecule has 0 spiro atoms. The summed E-state index contributed by atoms with van der Waals surface area (Å²) in [6.45, 7) is 4.25. The van der Waals surface area contributed by atoms with Gasteiger partial charge in [-0.2, -0.15) is 0 Å². The van der Waals surface area contributed by atoms with Crippen molar-refractivity contribution in [3.63, 3.8) is 0 Å². The lowest BCUT2D eigenvalue weighted by molar-refractivity contribution is -0.131. The predicted molar refractivity (Wildman–Crippen MR) is 179 cm³/mol. The number of hydrogen-bond donors (Lipinski definition) is 2. The first-order chi connectivity index (χ1) is 22.2. The zero-order valence-corrected chi connectivity index (χ0v) is 26.8. The van der Waals surface area contributed by atoms with Gasteiger partial charge in [0, 0.05) is 31.7 Å². The van der Waals surface area contributed by atoms with Gasteiger partial charge in [-0.3, -0.25) is 9.59 Å². The minimum absolute atomic E-state index is 0.0145. The molecule has 0 aliphatic carbocycles. The number of likely N-dealkylation sites (tertiary alicyclic amines) is 1. The molecule has 0 aromatic heterocycles. The average molecular weight is 641 g/mol. The summed E-state index contributed by atoms with van der Waals surface area (Å²) < 4.78 is 28.8. The number of carbonyl (C=O) groups excluding carboxylic acids is 2. The van der Waals surface area contributed by atoms with Gasteiger partial charge in [-0.1, -0.05) is 54.6 Å². The van der Waals surface area contributed by atoms with Gasteiger partial charge in [0.25, 0.3) is 5.91 Å². The van der Waals surface area contributed by atoms with Crippen molar-refractivity contribution in [2.45, 2.75) is 37.2 Å². The van der Waals surface area contributed by atoms with Crippen LogP contribution in [0.3, 0.4) is 0 Å². The van der Waals surface area contributed by atoms with Gasteiger partial charge in [0.2, 0.25) is 15.9 Å². The molecular formula is C36H40N4O5S. The lowest BCUT2D eigenvalue weighted by atomic mass is 10.0. The Morgan fingerprint density at radius 2 is 1.48 bits per heavy atom. The van der Waals surface area contributed by atoms with E-state index in [9.17, 15) is 18.0 Å². The van der Waals surface area contributed by atoms with Crippen LogP contribution in [0.2, 0.25) is 0 Å². The summed E-state index contributed by atoms with van der Waals surface area (Å²) in [4.78, 5) is 30.7. The summed E-state index contributed by atoms with van der Waals surface area (Å²) in [7, 11) is -2.24. The number of ether oxygens (including phenoxy) is 1. The van der Waals surface area contributed by atoms with Crippen LogP contribution < -0.4 is 15.2 Å². The molecule has 1 saturated heterocycles. The quantitative estimate of drug-likeness (QED) is 0.220. The number of nitrogens with two attached hydrogens (primary N) is 1. The third kappa shape index (κ3) is 9.03. The molecule has 2 amide bonds. The highest BCUT2D eigenvalue weighted by Gasteiger charge is 2.18. The summed E-state index contributed by atoms with van der Waals surface area (Å²) >= 11 is 0. The van der Waals surface area contributed by atoms with E-state index >= 15 is 0 Å². The van der Waals surface area contributed by atoms with Gasteiger partial charge >= 0.3 is 0 Å². The molecule has 1 heterocycles. The Morgan fingerprint density at radius 1 is 0.826 bits per heavy atom. The summed E-state index contributed by atoms with van der Waals surface area (Å²) in [5, 5.41) is 8.32. The second kappa shape index (κ2) is 15.2. The summed E-state index contributed by atoms with van der Waals surface area (Å²) in [5.74, 6) is 0.479. The van der Waals surface area contributed by atoms with Crippen molar-refractivity contribution in [3.8, 4) is 16.9 Å². The van der Waals surface area contributed by atoms with E-state index in [-0.39, 0.29) is 29.7 Å². The zero-order chi connectivity index (χ0) is 32.5. The van der Waals surface area contributed by atoms with Crippen molar-refractivity contribution in [2.24, 2.45) is 5.14 Å². The SMILES string of the molecule is COc1cccc(CC(=O)N(Cc2ccc(S(N)(=O)=O)cc2)Cc2cccc(-c3cccc(C(=O)NCCN4CCCC4)c3)c2)c1. The number of carbonyl (C=O) groups is 2. The van der Waals surface area contributed by atoms with Gasteiger partial charge < -0.3 is 19.9 Å². The van der Waals surface area contributed by atoms with Crippen LogP contribution in [0, 0.1) is 0 Å². The standard InChI is InChI=1S/C36H40N4O5S/c1-45-33-12-5-7-28(22-33)23-35(41)40(25-27-13-15-34(16-14-27)46(37,43)44)26-29-8-4-9-30(21-29)31-10-6-11-32(24-31)36(42)38-17-20-39-18-2-3-19-39/h4-16,21-22,24H,2-3,17-20,23,25-26H2,1H3,(H,38,42)(H2,37,43,44). The van der Waals surface area contributed by atoms with Gasteiger partial charge in [-0.05, 0) is 96.2 Å². The van der Waals surface area contributed by atoms with Crippen LogP contribution in [-0.4, -0.2) is 63.3 Å². The molecule has 0 radical (unpaired) electrons. The lowest BCUT2D eigenvalue weighted by Gasteiger charge is -2.24. The molecule has 10 heteroatoms. The zero-order valence-electron chi connectivity index (χ0n) is 26.0. The first-order valence-electron chi connectivity index (χ1n) is 15.4. The van der Waals surface area contributed by atoms with Gasteiger partial charge in [0.1, 0.15) is 5.75 Å². The Labute approximate surface area is 271 Å². The maximum atomic E-state index is 13.7. The van der Waals surface area contributed by atoms with Crippen molar-refractivity contribution in [1.29, 1.82) is 0 Å². The minimum atomic E-state index is -3.83. The van der Waals surface area contributed by atoms with Crippen LogP contribution in [0.1, 0.15) is 39.9 Å². The van der Waals surface area contributed by atoms with Gasteiger partial charge in [-0.15, -0.1) is 0 Å². The molecule has 1 aliphatic heterocycles. The number of sulfonamides is 1. The molecular weight excluding hydrogens is 600 g/mol. The summed E-state index contributed by atoms with van der Waals surface area (Å²) in [6.07, 6.45) is 2.61. The molecule has 5 rings (SSSR count). The fraction of sp³-hybridized carbons (Fsp3) is 0.278. The Kier molecular flexibility index (Phi) is 10.8. The van der Waals surface area contributed by atoms with E-state index in [1.165, 1.54) is 25.0 Å². The van der Waals surface area contributed by atoms with E-state index in [2.05, 4.69) is 10.2 Å². The number of primary sulfonamides is 1. The smallest absolute Gasteiger partial charge is 0.251 e. The molecule has 0 saturated carbocycles. The van der Waals surface area contributed by atoms with Crippen molar-refractivity contribution >= 4 is 21.8 Å². The minimum Gasteiger partial charge on any atom is -0.497 e. The van der Waals surface area contributed by atoms with E-state index in [0.717, 1.165) is 47.5 Å². The summed E-state index contributed by atoms with van der Waals surface area (Å²) in [6, 6.07) is 29.1. The monoisotopic (exact) mass is 640 g/mol. The van der Waals surface area contributed by atoms with Crippen LogP contribution in [0.4, 0.5) is 0 Å². The Bertz CT molecular complexity index is 1770. The number of nitrogens with zero attached hydrogens (tertiary/aromatic N) is 2. The molecule has 9 nitrogen and oxygen atoms in total. The van der Waals surface area contributed by atoms with Crippen LogP contribution >= 0.6 is 0 Å². The molecule has 4 aromatic carbocycles. The lowest BCUT2D eigenvalue weighted by Crippen LogP contribution is -2.33. The summed E-state index contributed by atoms with van der Waals surface area (Å²) in [5.41, 5.74) is 4.94. The fourth-order valence-corrected chi connectivity index (χ4v) is 6.17. The van der Waals surface area contributed by atoms with Gasteiger partial charge in [-0.25, -0.2) is 13.6 Å². The van der Waals surface area contributed by atoms with E-state index in [1.54, 1.807) is 24.1 Å². The molecule has 4 aromatic rings. The molecule has 0 unspecified atom stereocenters. The molecule has 0 atom stereocenters. The first-order valence-corrected chi connectivity index (χ1v) is 16.9. The number of nitrogens with one attached hydrogen (secondary N) is 1. The van der Waals surface area contributed by atoms with Gasteiger partial charge in [0.05, 0.1) is 18.4 Å². The predicted octanol–water partition coefficient (Wildman–Crippen LogP) is 4.61. The third-order valence-corrected chi connectivity index (χ3v) is 9.07. The van der Waals surface area contributed by atoms with E-state index in [1.807, 2.05) is 72.8 Å². The number of benzene rings is 4. The highest BCUT2D eigenvalue weighted by Crippen LogP contribution is 2.24. The van der Waals surface area contributed by atoms with Crippen molar-refractivity contribution in [1.82, 2.24) is 15.1 Å². The van der Waals surface area contributed by atoms with E-state index < -0.39 is 10.0 Å². The Balaban J connectivity index is 1.33. The van der Waals surface area contributed by atoms with Crippen LogP contribution in [0.25, 0.3) is 11.1 Å². The molecule has 0 bridgehead atoms. The second-order valence-electron chi connectivity index (χ2n) is 11.6. The number of amides is 2. The topological polar surface area (TPSA) is 122 Å². The first kappa shape index (κ1) is 32.9. The molecule has 3 N–H and O–H groups in total. The largest absolute Gasteiger partial charge is 0.497 e. The van der Waals surface area contributed by atoms with E-state index in [4.69, 9.17) is 9.88 Å². The maximum Gasteiger partial charge on any atom is 0.251 e. The van der Waals surface area contributed by atoms with Crippen LogP contribution in [0.15, 0.2) is 102 Å². The van der Waals surface area contributed by atoms with E-state index in [0.29, 0.717) is 24.4 Å². The van der Waals surface area contributed by atoms with Crippen molar-refractivity contribution < 1.29 is 22.7 Å². The highest BCUT2D eigenvalue weighted by molar-refractivity contribution is 7.89. The molecule has 1 fully saturated rings. The van der Waals surface area contributed by atoms with Crippen LogP contribution in [0.5, 0.6) is 5.75 Å². The Hall–Kier alpha value is -4.51. The average Bonchev–Trinajstić information content (AvgIpc) is 3.58. The molecule has 46 heavy (non-hydrogen) atoms.